The third-order valence-electron chi connectivity index (χ3n) is 4.24. The van der Waals surface area contributed by atoms with E-state index >= 15 is 0 Å². The molecule has 132 valence electrons. The minimum Gasteiger partial charge on any atom is -0.381 e. The highest BCUT2D eigenvalue weighted by atomic mass is 35.5. The highest BCUT2D eigenvalue weighted by Gasteiger charge is 2.18. The lowest BCUT2D eigenvalue weighted by Gasteiger charge is -2.11. The Bertz CT molecular complexity index is 1240. The largest absolute Gasteiger partial charge is 0.381 e. The Morgan fingerprint density at radius 1 is 1.19 bits per heavy atom. The lowest BCUT2D eigenvalue weighted by Crippen LogP contribution is -2.04. The number of fused-ring (bicyclic) bond motifs is 1. The molecule has 0 radical (unpaired) electrons. The molecule has 0 aliphatic rings. The molecule has 2 N–H and O–H groups in total. The van der Waals surface area contributed by atoms with E-state index in [9.17, 15) is 5.26 Å². The van der Waals surface area contributed by atoms with Gasteiger partial charge < -0.3 is 5.73 Å². The molecule has 0 saturated carbocycles. The molecule has 0 unspecified atom stereocenters. The molecule has 0 atom stereocenters. The van der Waals surface area contributed by atoms with Crippen molar-refractivity contribution in [2.45, 2.75) is 6.92 Å². The van der Waals surface area contributed by atoms with Crippen molar-refractivity contribution in [3.63, 3.8) is 0 Å². The summed E-state index contributed by atoms with van der Waals surface area (Å²) in [6.45, 7) is 1.95. The van der Waals surface area contributed by atoms with E-state index in [1.807, 2.05) is 44.4 Å². The van der Waals surface area contributed by atoms with Gasteiger partial charge >= 0.3 is 0 Å². The second kappa shape index (κ2) is 6.34. The summed E-state index contributed by atoms with van der Waals surface area (Å²) >= 11 is 6.37. The Balaban J connectivity index is 2.05. The second-order valence-electron chi connectivity index (χ2n) is 6.12. The number of halogens is 1. The number of rotatable bonds is 2. The van der Waals surface area contributed by atoms with Crippen molar-refractivity contribution in [3.05, 3.63) is 52.9 Å². The number of nitrogen functional groups attached to an aromatic ring is 1. The molecule has 27 heavy (non-hydrogen) atoms. The molecule has 1 aromatic carbocycles. The fourth-order valence-corrected chi connectivity index (χ4v) is 3.19. The van der Waals surface area contributed by atoms with E-state index in [2.05, 4.69) is 20.1 Å². The van der Waals surface area contributed by atoms with Crippen LogP contribution in [0.3, 0.4) is 0 Å². The number of hydrogen-bond donors (Lipinski definition) is 1. The zero-order chi connectivity index (χ0) is 19.1. The average Bonchev–Trinajstić information content (AvgIpc) is 3.08. The van der Waals surface area contributed by atoms with E-state index in [-0.39, 0.29) is 11.5 Å². The van der Waals surface area contributed by atoms with Gasteiger partial charge in [0.1, 0.15) is 17.5 Å². The Hall–Kier alpha value is -3.50. The van der Waals surface area contributed by atoms with Crippen molar-refractivity contribution in [1.29, 1.82) is 5.26 Å². The number of aryl methyl sites for hydroxylation is 2. The molecule has 0 saturated heterocycles. The number of benzene rings is 1. The van der Waals surface area contributed by atoms with Crippen molar-refractivity contribution in [2.75, 3.05) is 5.73 Å². The number of nitrogens with zero attached hydrogens (tertiary/aromatic N) is 6. The van der Waals surface area contributed by atoms with Crippen LogP contribution in [0.15, 0.2) is 36.7 Å². The minimum atomic E-state index is 0.0686. The Kier molecular flexibility index (Phi) is 3.98. The number of nitriles is 1. The topological polar surface area (TPSA) is 106 Å². The van der Waals surface area contributed by atoms with Crippen LogP contribution in [0.1, 0.15) is 11.3 Å². The van der Waals surface area contributed by atoms with Crippen LogP contribution in [0.2, 0.25) is 5.02 Å². The SMILES string of the molecule is Cc1cc(-c2nc(C#N)c(N)nc2-c2ccn(C)n2)cc2c(Cl)ccnc12. The van der Waals surface area contributed by atoms with E-state index in [4.69, 9.17) is 17.3 Å². The summed E-state index contributed by atoms with van der Waals surface area (Å²) in [5.41, 5.74) is 10.1. The van der Waals surface area contributed by atoms with E-state index < -0.39 is 0 Å². The standard InChI is InChI=1S/C19H14ClN7/c1-10-7-11(8-12-13(20)3-5-23-16(10)12)17-18(14-4-6-27(2)26-14)25-19(22)15(9-21)24-17/h3-8H,1-2H3,(H2,22,25). The number of aromatic nitrogens is 5. The maximum absolute atomic E-state index is 9.34. The molecule has 0 spiro atoms. The second-order valence-corrected chi connectivity index (χ2v) is 6.53. The smallest absolute Gasteiger partial charge is 0.183 e. The van der Waals surface area contributed by atoms with Gasteiger partial charge in [-0.15, -0.1) is 0 Å². The van der Waals surface area contributed by atoms with Crippen LogP contribution in [-0.4, -0.2) is 24.7 Å². The van der Waals surface area contributed by atoms with E-state index in [0.29, 0.717) is 22.1 Å². The molecule has 7 nitrogen and oxygen atoms in total. The zero-order valence-electron chi connectivity index (χ0n) is 14.6. The van der Waals surface area contributed by atoms with Crippen molar-refractivity contribution >= 4 is 28.3 Å². The summed E-state index contributed by atoms with van der Waals surface area (Å²) in [5, 5.41) is 15.1. The Labute approximate surface area is 160 Å². The van der Waals surface area contributed by atoms with Crippen molar-refractivity contribution < 1.29 is 0 Å². The van der Waals surface area contributed by atoms with Crippen molar-refractivity contribution in [2.24, 2.45) is 7.05 Å². The minimum absolute atomic E-state index is 0.0686. The summed E-state index contributed by atoms with van der Waals surface area (Å²) in [6, 6.07) is 9.39. The fourth-order valence-electron chi connectivity index (χ4n) is 2.99. The lowest BCUT2D eigenvalue weighted by molar-refractivity contribution is 0.770. The molecule has 3 aromatic heterocycles. The van der Waals surface area contributed by atoms with Gasteiger partial charge in [-0.05, 0) is 36.8 Å². The number of hydrogen-bond acceptors (Lipinski definition) is 6. The number of anilines is 1. The first-order valence-corrected chi connectivity index (χ1v) is 8.48. The quantitative estimate of drug-likeness (QED) is 0.574. The first kappa shape index (κ1) is 16.9. The maximum Gasteiger partial charge on any atom is 0.183 e. The van der Waals surface area contributed by atoms with Gasteiger partial charge in [-0.2, -0.15) is 10.4 Å². The molecular formula is C19H14ClN7. The van der Waals surface area contributed by atoms with Gasteiger partial charge in [0.2, 0.25) is 0 Å². The molecule has 8 heteroatoms. The van der Waals surface area contributed by atoms with Gasteiger partial charge in [-0.25, -0.2) is 9.97 Å². The summed E-state index contributed by atoms with van der Waals surface area (Å²) in [5.74, 6) is 0.0686. The molecule has 4 rings (SSSR count). The van der Waals surface area contributed by atoms with Crippen LogP contribution in [0.4, 0.5) is 5.82 Å². The molecule has 0 bridgehead atoms. The van der Waals surface area contributed by atoms with Crippen LogP contribution in [0, 0.1) is 18.3 Å². The van der Waals surface area contributed by atoms with E-state index in [1.165, 1.54) is 0 Å². The predicted molar refractivity (Wildman–Crippen MR) is 104 cm³/mol. The van der Waals surface area contributed by atoms with Gasteiger partial charge in [-0.1, -0.05) is 11.6 Å². The molecular weight excluding hydrogens is 362 g/mol. The first-order chi connectivity index (χ1) is 13.0. The highest BCUT2D eigenvalue weighted by molar-refractivity contribution is 6.35. The molecule has 3 heterocycles. The van der Waals surface area contributed by atoms with Gasteiger partial charge in [0.15, 0.2) is 11.5 Å². The van der Waals surface area contributed by atoms with Crippen LogP contribution in [0.5, 0.6) is 0 Å². The predicted octanol–water partition coefficient (Wildman–Crippen LogP) is 3.51. The first-order valence-electron chi connectivity index (χ1n) is 8.11. The molecule has 0 aliphatic carbocycles. The summed E-state index contributed by atoms with van der Waals surface area (Å²) < 4.78 is 1.67. The lowest BCUT2D eigenvalue weighted by atomic mass is 10.0. The van der Waals surface area contributed by atoms with Crippen molar-refractivity contribution in [1.82, 2.24) is 24.7 Å². The van der Waals surface area contributed by atoms with Gasteiger partial charge in [-0.3, -0.25) is 9.67 Å². The van der Waals surface area contributed by atoms with Gasteiger partial charge in [0.25, 0.3) is 0 Å². The Morgan fingerprint density at radius 2 is 2.00 bits per heavy atom. The van der Waals surface area contributed by atoms with Crippen LogP contribution < -0.4 is 5.73 Å². The maximum atomic E-state index is 9.34. The van der Waals surface area contributed by atoms with Gasteiger partial charge in [0, 0.05) is 30.4 Å². The van der Waals surface area contributed by atoms with Crippen LogP contribution in [-0.2, 0) is 7.05 Å². The zero-order valence-corrected chi connectivity index (χ0v) is 15.4. The summed E-state index contributed by atoms with van der Waals surface area (Å²) in [4.78, 5) is 13.3. The van der Waals surface area contributed by atoms with Crippen LogP contribution in [0.25, 0.3) is 33.5 Å². The third-order valence-corrected chi connectivity index (χ3v) is 4.57. The summed E-state index contributed by atoms with van der Waals surface area (Å²) in [6.07, 6.45) is 3.48. The molecule has 0 fully saturated rings. The Morgan fingerprint density at radius 3 is 2.70 bits per heavy atom. The third kappa shape index (κ3) is 2.86. The van der Waals surface area contributed by atoms with Crippen molar-refractivity contribution in [3.8, 4) is 28.7 Å². The monoisotopic (exact) mass is 375 g/mol. The number of pyridine rings is 1. The van der Waals surface area contributed by atoms with E-state index in [0.717, 1.165) is 22.0 Å². The van der Waals surface area contributed by atoms with Gasteiger partial charge in [0.05, 0.1) is 16.2 Å². The molecule has 0 amide bonds. The molecule has 4 aromatic rings. The number of nitrogens with two attached hydrogens (primary N) is 1. The van der Waals surface area contributed by atoms with Crippen LogP contribution >= 0.6 is 11.6 Å². The highest BCUT2D eigenvalue weighted by Crippen LogP contribution is 2.34. The van der Waals surface area contributed by atoms with E-state index in [1.54, 1.807) is 16.9 Å². The fraction of sp³-hybridized carbons (Fsp3) is 0.105. The normalized spacial score (nSPS) is 10.9. The summed E-state index contributed by atoms with van der Waals surface area (Å²) in [7, 11) is 1.81. The molecule has 0 aliphatic heterocycles. The average molecular weight is 376 g/mol.